The number of carbonyl (C=O) groups is 1. The third-order valence-corrected chi connectivity index (χ3v) is 5.61. The molecule has 2 heterocycles. The Kier molecular flexibility index (Phi) is 3.87. The topological polar surface area (TPSA) is 67.3 Å². The van der Waals surface area contributed by atoms with Crippen LogP contribution >= 0.6 is 38.2 Å². The number of hydrogen-bond acceptors (Lipinski definition) is 4. The number of aromatic nitrogens is 1. The van der Waals surface area contributed by atoms with Gasteiger partial charge in [0, 0.05) is 34.3 Å². The van der Waals surface area contributed by atoms with Crippen molar-refractivity contribution < 1.29 is 13.2 Å². The minimum absolute atomic E-state index is 0.00569. The fourth-order valence-electron chi connectivity index (χ4n) is 1.64. The van der Waals surface area contributed by atoms with Crippen LogP contribution in [0.25, 0.3) is 0 Å². The summed E-state index contributed by atoms with van der Waals surface area (Å²) in [6, 6.07) is 1.56. The van der Waals surface area contributed by atoms with Gasteiger partial charge in [-0.15, -0.1) is 0 Å². The number of halogens is 3. The molecule has 9 heteroatoms. The van der Waals surface area contributed by atoms with Crippen LogP contribution in [0.4, 0.5) is 5.82 Å². The highest BCUT2D eigenvalue weighted by atomic mass is 79.9. The zero-order valence-electron chi connectivity index (χ0n) is 8.81. The monoisotopic (exact) mass is 372 g/mol. The third-order valence-electron chi connectivity index (χ3n) is 2.56. The first-order valence-corrected chi connectivity index (χ1v) is 8.38. The molecular weight excluding hydrogens is 367 g/mol. The van der Waals surface area contributed by atoms with E-state index < -0.39 is 14.3 Å². The number of nitrogens with zero attached hydrogens (tertiary/aromatic N) is 2. The molecule has 0 saturated carbocycles. The summed E-state index contributed by atoms with van der Waals surface area (Å²) in [5.74, 6) is 0.0186. The predicted octanol–water partition coefficient (Wildman–Crippen LogP) is 2.17. The summed E-state index contributed by atoms with van der Waals surface area (Å²) in [6.45, 7) is 0.00569. The lowest BCUT2D eigenvalue weighted by Gasteiger charge is -2.15. The first kappa shape index (κ1) is 14.0. The van der Waals surface area contributed by atoms with E-state index in [-0.39, 0.29) is 18.9 Å². The second-order valence-corrected chi connectivity index (χ2v) is 7.93. The molecule has 1 aliphatic heterocycles. The van der Waals surface area contributed by atoms with Crippen molar-refractivity contribution in [2.75, 3.05) is 11.4 Å². The standard InChI is InChI=1S/C9H7BrCl2N2O3S/c10-6-2-8(13-3-7(6)11)14-4-5(1-9(14)15)18(12,16)17/h2-3,5H,1,4H2. The summed E-state index contributed by atoms with van der Waals surface area (Å²) in [5.41, 5.74) is 0. The van der Waals surface area contributed by atoms with E-state index >= 15 is 0 Å². The molecule has 2 rings (SSSR count). The molecule has 5 nitrogen and oxygen atoms in total. The Morgan fingerprint density at radius 3 is 2.67 bits per heavy atom. The number of anilines is 1. The Bertz CT molecular complexity index is 608. The smallest absolute Gasteiger partial charge is 0.237 e. The zero-order chi connectivity index (χ0) is 13.5. The maximum atomic E-state index is 11.7. The molecule has 0 aliphatic carbocycles. The van der Waals surface area contributed by atoms with Gasteiger partial charge < -0.3 is 0 Å². The average Bonchev–Trinajstić information content (AvgIpc) is 2.64. The van der Waals surface area contributed by atoms with E-state index in [1.165, 1.54) is 11.1 Å². The normalized spacial score (nSPS) is 20.5. The maximum Gasteiger partial charge on any atom is 0.237 e. The molecule has 1 aromatic rings. The second kappa shape index (κ2) is 4.96. The first-order valence-electron chi connectivity index (χ1n) is 4.84. The number of pyridine rings is 1. The van der Waals surface area contributed by atoms with E-state index in [4.69, 9.17) is 22.3 Å². The highest BCUT2D eigenvalue weighted by Gasteiger charge is 2.38. The minimum atomic E-state index is -3.75. The summed E-state index contributed by atoms with van der Waals surface area (Å²) >= 11 is 9.01. The molecule has 0 radical (unpaired) electrons. The van der Waals surface area contributed by atoms with Gasteiger partial charge in [-0.2, -0.15) is 0 Å². The number of hydrogen-bond donors (Lipinski definition) is 0. The van der Waals surface area contributed by atoms with Gasteiger partial charge in [0.05, 0.1) is 5.02 Å². The molecule has 1 aromatic heterocycles. The average molecular weight is 374 g/mol. The molecular formula is C9H7BrCl2N2O3S. The van der Waals surface area contributed by atoms with Gasteiger partial charge in [0.15, 0.2) is 0 Å². The molecule has 98 valence electrons. The Morgan fingerprint density at radius 1 is 1.50 bits per heavy atom. The van der Waals surface area contributed by atoms with Crippen LogP contribution in [-0.4, -0.2) is 31.1 Å². The van der Waals surface area contributed by atoms with Crippen molar-refractivity contribution in [3.63, 3.8) is 0 Å². The maximum absolute atomic E-state index is 11.7. The fraction of sp³-hybridized carbons (Fsp3) is 0.333. The van der Waals surface area contributed by atoms with Gasteiger partial charge in [0.25, 0.3) is 0 Å². The SMILES string of the molecule is O=C1CC(S(=O)(=O)Cl)CN1c1cc(Br)c(Cl)cn1. The predicted molar refractivity (Wildman–Crippen MR) is 72.5 cm³/mol. The molecule has 0 spiro atoms. The van der Waals surface area contributed by atoms with Gasteiger partial charge in [-0.3, -0.25) is 9.69 Å². The first-order chi connectivity index (χ1) is 8.29. The molecule has 0 aromatic carbocycles. The van der Waals surface area contributed by atoms with E-state index in [0.29, 0.717) is 15.3 Å². The van der Waals surface area contributed by atoms with Gasteiger partial charge in [-0.25, -0.2) is 13.4 Å². The van der Waals surface area contributed by atoms with Gasteiger partial charge in [-0.05, 0) is 22.0 Å². The van der Waals surface area contributed by atoms with Crippen LogP contribution in [-0.2, 0) is 13.8 Å². The van der Waals surface area contributed by atoms with E-state index in [1.54, 1.807) is 6.07 Å². The van der Waals surface area contributed by atoms with Crippen molar-refractivity contribution in [2.24, 2.45) is 0 Å². The van der Waals surface area contributed by atoms with Crippen molar-refractivity contribution in [2.45, 2.75) is 11.7 Å². The van der Waals surface area contributed by atoms with Crippen molar-refractivity contribution >= 4 is 59.0 Å². The second-order valence-electron chi connectivity index (χ2n) is 3.76. The largest absolute Gasteiger partial charge is 0.295 e. The Hall–Kier alpha value is -0.370. The summed E-state index contributed by atoms with van der Waals surface area (Å²) in [5, 5.41) is -0.491. The zero-order valence-corrected chi connectivity index (χ0v) is 12.7. The van der Waals surface area contributed by atoms with Crippen LogP contribution in [0.15, 0.2) is 16.7 Å². The summed E-state index contributed by atoms with van der Waals surface area (Å²) < 4.78 is 23.0. The lowest BCUT2D eigenvalue weighted by atomic mass is 10.4. The molecule has 0 bridgehead atoms. The fourth-order valence-corrected chi connectivity index (χ4v) is 3.07. The molecule has 1 saturated heterocycles. The van der Waals surface area contributed by atoms with Gasteiger partial charge in [0.2, 0.25) is 15.0 Å². The molecule has 18 heavy (non-hydrogen) atoms. The number of carbonyl (C=O) groups excluding carboxylic acids is 1. The molecule has 1 atom stereocenters. The molecule has 0 N–H and O–H groups in total. The Balaban J connectivity index is 2.30. The van der Waals surface area contributed by atoms with Crippen LogP contribution in [0, 0.1) is 0 Å². The quantitative estimate of drug-likeness (QED) is 0.745. The van der Waals surface area contributed by atoms with E-state index in [0.717, 1.165) is 0 Å². The van der Waals surface area contributed by atoms with Crippen LogP contribution in [0.2, 0.25) is 5.02 Å². The molecule has 1 aliphatic rings. The molecule has 1 fully saturated rings. The summed E-state index contributed by atoms with van der Waals surface area (Å²) in [7, 11) is 1.51. The number of amides is 1. The van der Waals surface area contributed by atoms with E-state index in [2.05, 4.69) is 20.9 Å². The minimum Gasteiger partial charge on any atom is -0.295 e. The van der Waals surface area contributed by atoms with E-state index in [1.807, 2.05) is 0 Å². The van der Waals surface area contributed by atoms with E-state index in [9.17, 15) is 13.2 Å². The number of rotatable bonds is 2. The van der Waals surface area contributed by atoms with Gasteiger partial charge in [0.1, 0.15) is 11.1 Å². The van der Waals surface area contributed by atoms with Crippen LogP contribution in [0.5, 0.6) is 0 Å². The summed E-state index contributed by atoms with van der Waals surface area (Å²) in [4.78, 5) is 17.0. The highest BCUT2D eigenvalue weighted by molar-refractivity contribution is 9.10. The molecule has 1 amide bonds. The van der Waals surface area contributed by atoms with Crippen molar-refractivity contribution in [1.82, 2.24) is 4.98 Å². The Morgan fingerprint density at radius 2 is 2.17 bits per heavy atom. The summed E-state index contributed by atoms with van der Waals surface area (Å²) in [6.07, 6.45) is 1.25. The Labute approximate surface area is 122 Å². The lowest BCUT2D eigenvalue weighted by molar-refractivity contribution is -0.117. The van der Waals surface area contributed by atoms with Gasteiger partial charge in [-0.1, -0.05) is 11.6 Å². The lowest BCUT2D eigenvalue weighted by Crippen LogP contribution is -2.27. The van der Waals surface area contributed by atoms with Crippen molar-refractivity contribution in [3.05, 3.63) is 21.8 Å². The van der Waals surface area contributed by atoms with Crippen LogP contribution in [0.3, 0.4) is 0 Å². The van der Waals surface area contributed by atoms with Crippen LogP contribution in [0.1, 0.15) is 6.42 Å². The van der Waals surface area contributed by atoms with Gasteiger partial charge >= 0.3 is 0 Å². The van der Waals surface area contributed by atoms with Crippen molar-refractivity contribution in [3.8, 4) is 0 Å². The van der Waals surface area contributed by atoms with Crippen LogP contribution < -0.4 is 4.90 Å². The molecule has 1 unspecified atom stereocenters. The highest BCUT2D eigenvalue weighted by Crippen LogP contribution is 2.29. The van der Waals surface area contributed by atoms with Crippen molar-refractivity contribution in [1.29, 1.82) is 0 Å². The third kappa shape index (κ3) is 2.79.